The first-order chi connectivity index (χ1) is 10.0. The van der Waals surface area contributed by atoms with E-state index >= 15 is 0 Å². The Morgan fingerprint density at radius 3 is 2.86 bits per heavy atom. The number of rotatable bonds is 6. The Hall–Kier alpha value is -2.37. The number of primary amides is 1. The van der Waals surface area contributed by atoms with E-state index in [4.69, 9.17) is 5.73 Å². The van der Waals surface area contributed by atoms with Crippen LogP contribution in [0, 0.1) is 12.7 Å². The molecular weight excluding hydrogens is 271 g/mol. The van der Waals surface area contributed by atoms with Crippen LogP contribution in [0.2, 0.25) is 0 Å². The quantitative estimate of drug-likeness (QED) is 0.858. The van der Waals surface area contributed by atoms with Crippen molar-refractivity contribution in [3.63, 3.8) is 0 Å². The second kappa shape index (κ2) is 6.39. The molecule has 112 valence electrons. The molecule has 0 aliphatic carbocycles. The smallest absolute Gasteiger partial charge is 0.246 e. The largest absolute Gasteiger partial charge is 0.369 e. The number of imidazole rings is 1. The molecule has 0 aliphatic rings. The fraction of sp³-hybridized carbons (Fsp3) is 0.333. The summed E-state index contributed by atoms with van der Waals surface area (Å²) < 4.78 is 15.3. The molecule has 2 aromatic rings. The Kier molecular flexibility index (Phi) is 4.57. The number of nitrogens with zero attached hydrogens (tertiary/aromatic N) is 2. The minimum atomic E-state index is -0.750. The fourth-order valence-electron chi connectivity index (χ4n) is 2.28. The van der Waals surface area contributed by atoms with Crippen LogP contribution < -0.4 is 11.1 Å². The lowest BCUT2D eigenvalue weighted by Crippen LogP contribution is -2.29. The number of carbonyl (C=O) groups excluding carboxylic acids is 1. The highest BCUT2D eigenvalue weighted by atomic mass is 19.1. The predicted molar refractivity (Wildman–Crippen MR) is 79.2 cm³/mol. The van der Waals surface area contributed by atoms with E-state index in [1.807, 2.05) is 11.5 Å². The lowest BCUT2D eigenvalue weighted by molar-refractivity contribution is -0.119. The van der Waals surface area contributed by atoms with Crippen LogP contribution in [0.1, 0.15) is 30.6 Å². The van der Waals surface area contributed by atoms with Crippen molar-refractivity contribution in [3.05, 3.63) is 47.8 Å². The molecule has 1 amide bonds. The van der Waals surface area contributed by atoms with Crippen molar-refractivity contribution in [2.24, 2.45) is 5.73 Å². The highest BCUT2D eigenvalue weighted by molar-refractivity contribution is 5.84. The molecule has 0 aliphatic heterocycles. The summed E-state index contributed by atoms with van der Waals surface area (Å²) in [4.78, 5) is 15.8. The molecule has 1 unspecified atom stereocenters. The number of nitrogens with two attached hydrogens (primary N) is 1. The monoisotopic (exact) mass is 290 g/mol. The molecule has 0 radical (unpaired) electrons. The van der Waals surface area contributed by atoms with Crippen molar-refractivity contribution in [2.75, 3.05) is 5.32 Å². The van der Waals surface area contributed by atoms with Gasteiger partial charge in [0.15, 0.2) is 0 Å². The molecule has 21 heavy (non-hydrogen) atoms. The lowest BCUT2D eigenvalue weighted by Gasteiger charge is -2.19. The Labute approximate surface area is 123 Å². The van der Waals surface area contributed by atoms with Crippen molar-refractivity contribution in [2.45, 2.75) is 32.9 Å². The number of benzene rings is 1. The average molecular weight is 290 g/mol. The number of aryl methyl sites for hydroxylation is 2. The van der Waals surface area contributed by atoms with Gasteiger partial charge in [0.1, 0.15) is 11.9 Å². The summed E-state index contributed by atoms with van der Waals surface area (Å²) >= 11 is 0. The Morgan fingerprint density at radius 1 is 1.48 bits per heavy atom. The highest BCUT2D eigenvalue weighted by Gasteiger charge is 2.21. The van der Waals surface area contributed by atoms with Gasteiger partial charge in [-0.15, -0.1) is 0 Å². The number of anilines is 1. The van der Waals surface area contributed by atoms with Crippen molar-refractivity contribution in [1.82, 2.24) is 9.55 Å². The van der Waals surface area contributed by atoms with Crippen LogP contribution in [-0.2, 0) is 11.3 Å². The van der Waals surface area contributed by atoms with Crippen LogP contribution >= 0.6 is 0 Å². The molecule has 0 saturated carbocycles. The molecule has 1 aromatic carbocycles. The molecule has 2 rings (SSSR count). The second-order valence-electron chi connectivity index (χ2n) is 5.01. The highest BCUT2D eigenvalue weighted by Crippen LogP contribution is 2.21. The van der Waals surface area contributed by atoms with Gasteiger partial charge in [-0.3, -0.25) is 4.79 Å². The van der Waals surface area contributed by atoms with Gasteiger partial charge >= 0.3 is 0 Å². The molecule has 1 atom stereocenters. The van der Waals surface area contributed by atoms with Gasteiger partial charge in [-0.2, -0.15) is 0 Å². The third-order valence-electron chi connectivity index (χ3n) is 3.14. The summed E-state index contributed by atoms with van der Waals surface area (Å²) in [6.07, 6.45) is 4.17. The SMILES string of the molecule is CCCn1cncc1C(Nc1cc(C)cc(F)c1)C(N)=O. The summed E-state index contributed by atoms with van der Waals surface area (Å²) in [5.41, 5.74) is 7.43. The fourth-order valence-corrected chi connectivity index (χ4v) is 2.28. The van der Waals surface area contributed by atoms with E-state index in [2.05, 4.69) is 10.3 Å². The van der Waals surface area contributed by atoms with E-state index in [9.17, 15) is 9.18 Å². The first kappa shape index (κ1) is 15.0. The maximum absolute atomic E-state index is 13.4. The van der Waals surface area contributed by atoms with Crippen molar-refractivity contribution >= 4 is 11.6 Å². The maximum atomic E-state index is 13.4. The van der Waals surface area contributed by atoms with E-state index in [-0.39, 0.29) is 5.82 Å². The predicted octanol–water partition coefficient (Wildman–Crippen LogP) is 2.38. The van der Waals surface area contributed by atoms with E-state index in [0.29, 0.717) is 11.4 Å². The summed E-state index contributed by atoms with van der Waals surface area (Å²) in [7, 11) is 0. The maximum Gasteiger partial charge on any atom is 0.246 e. The number of nitrogens with one attached hydrogen (secondary N) is 1. The molecular formula is C15H19FN4O. The second-order valence-corrected chi connectivity index (χ2v) is 5.01. The minimum Gasteiger partial charge on any atom is -0.369 e. The van der Waals surface area contributed by atoms with Gasteiger partial charge in [0.25, 0.3) is 0 Å². The first-order valence-corrected chi connectivity index (χ1v) is 6.84. The number of carbonyl (C=O) groups is 1. The zero-order valence-corrected chi connectivity index (χ0v) is 12.1. The zero-order valence-electron chi connectivity index (χ0n) is 12.1. The standard InChI is InChI=1S/C15H19FN4O/c1-3-4-20-9-18-8-13(20)14(15(17)21)19-12-6-10(2)5-11(16)7-12/h5-9,14,19H,3-4H2,1-2H3,(H2,17,21). The summed E-state index contributed by atoms with van der Waals surface area (Å²) in [5, 5.41) is 2.99. The van der Waals surface area contributed by atoms with Crippen LogP contribution in [-0.4, -0.2) is 15.5 Å². The van der Waals surface area contributed by atoms with Gasteiger partial charge in [-0.05, 0) is 37.1 Å². The summed E-state index contributed by atoms with van der Waals surface area (Å²) in [6, 6.07) is 3.77. The van der Waals surface area contributed by atoms with Crippen molar-refractivity contribution in [3.8, 4) is 0 Å². The third-order valence-corrected chi connectivity index (χ3v) is 3.14. The molecule has 0 bridgehead atoms. The van der Waals surface area contributed by atoms with Crippen molar-refractivity contribution in [1.29, 1.82) is 0 Å². The molecule has 1 heterocycles. The average Bonchev–Trinajstić information content (AvgIpc) is 2.83. The van der Waals surface area contributed by atoms with Crippen LogP contribution in [0.25, 0.3) is 0 Å². The molecule has 6 heteroatoms. The van der Waals surface area contributed by atoms with Crippen LogP contribution in [0.4, 0.5) is 10.1 Å². The normalized spacial score (nSPS) is 12.1. The van der Waals surface area contributed by atoms with Crippen molar-refractivity contribution < 1.29 is 9.18 Å². The van der Waals surface area contributed by atoms with Gasteiger partial charge < -0.3 is 15.6 Å². The molecule has 0 spiro atoms. The minimum absolute atomic E-state index is 0.359. The van der Waals surface area contributed by atoms with E-state index in [1.54, 1.807) is 25.5 Å². The van der Waals surface area contributed by atoms with Gasteiger partial charge in [0.05, 0.1) is 18.2 Å². The Balaban J connectivity index is 2.31. The molecule has 0 fully saturated rings. The Bertz CT molecular complexity index is 618. The van der Waals surface area contributed by atoms with E-state index < -0.39 is 11.9 Å². The lowest BCUT2D eigenvalue weighted by atomic mass is 10.1. The molecule has 1 aromatic heterocycles. The van der Waals surface area contributed by atoms with Gasteiger partial charge in [0.2, 0.25) is 5.91 Å². The van der Waals surface area contributed by atoms with Crippen LogP contribution in [0.3, 0.4) is 0 Å². The molecule has 5 nitrogen and oxygen atoms in total. The summed E-state index contributed by atoms with van der Waals surface area (Å²) in [5.74, 6) is -0.891. The van der Waals surface area contributed by atoms with E-state index in [0.717, 1.165) is 18.5 Å². The number of aromatic nitrogens is 2. The number of amides is 1. The van der Waals surface area contributed by atoms with Gasteiger partial charge in [0, 0.05) is 12.2 Å². The molecule has 0 saturated heterocycles. The molecule has 3 N–H and O–H groups in total. The third kappa shape index (κ3) is 3.59. The van der Waals surface area contributed by atoms with E-state index in [1.165, 1.54) is 12.1 Å². The van der Waals surface area contributed by atoms with Gasteiger partial charge in [-0.1, -0.05) is 6.92 Å². The topological polar surface area (TPSA) is 72.9 Å². The number of halogens is 1. The van der Waals surface area contributed by atoms with Crippen LogP contribution in [0.5, 0.6) is 0 Å². The van der Waals surface area contributed by atoms with Gasteiger partial charge in [-0.25, -0.2) is 9.37 Å². The number of hydrogen-bond donors (Lipinski definition) is 2. The first-order valence-electron chi connectivity index (χ1n) is 6.84. The Morgan fingerprint density at radius 2 is 2.24 bits per heavy atom. The number of hydrogen-bond acceptors (Lipinski definition) is 3. The summed E-state index contributed by atoms with van der Waals surface area (Å²) in [6.45, 7) is 4.56. The zero-order chi connectivity index (χ0) is 15.4. The van der Waals surface area contributed by atoms with Crippen LogP contribution in [0.15, 0.2) is 30.7 Å².